The van der Waals surface area contributed by atoms with Gasteiger partial charge in [0.05, 0.1) is 6.20 Å². The van der Waals surface area contributed by atoms with E-state index in [1.165, 1.54) is 22.6 Å². The first-order chi connectivity index (χ1) is 13.0. The topological polar surface area (TPSA) is 106 Å². The second kappa shape index (κ2) is 6.89. The van der Waals surface area contributed by atoms with E-state index in [0.29, 0.717) is 11.5 Å². The fourth-order valence-corrected chi connectivity index (χ4v) is 5.72. The van der Waals surface area contributed by atoms with Gasteiger partial charge in [0, 0.05) is 25.2 Å². The van der Waals surface area contributed by atoms with Crippen molar-refractivity contribution in [2.45, 2.75) is 38.8 Å². The molecule has 1 saturated heterocycles. The highest BCUT2D eigenvalue weighted by molar-refractivity contribution is 7.89. The zero-order chi connectivity index (χ0) is 20.7. The molecule has 3 heterocycles. The number of amides is 1. The molecular weight excluding hydrogens is 382 g/mol. The maximum Gasteiger partial charge on any atom is 0.276 e. The fraction of sp³-hybridized carbons (Fsp3) is 0.474. The average Bonchev–Trinajstić information content (AvgIpc) is 3.27. The largest absolute Gasteiger partial charge is 0.440 e. The minimum atomic E-state index is -3.86. The van der Waals surface area contributed by atoms with Gasteiger partial charge in [0.15, 0.2) is 5.76 Å². The van der Waals surface area contributed by atoms with Crippen molar-refractivity contribution in [3.05, 3.63) is 37.1 Å². The maximum atomic E-state index is 13.2. The lowest BCUT2D eigenvalue weighted by molar-refractivity contribution is -0.120. The monoisotopic (exact) mass is 407 g/mol. The predicted molar refractivity (Wildman–Crippen MR) is 103 cm³/mol. The van der Waals surface area contributed by atoms with Crippen molar-refractivity contribution in [2.75, 3.05) is 13.1 Å². The highest BCUT2D eigenvalue weighted by atomic mass is 32.2. The molecule has 0 unspecified atom stereocenters. The number of carbonyl (C=O) groups is 1. The number of hydrogen-bond donors (Lipinski definition) is 1. The van der Waals surface area contributed by atoms with E-state index in [4.69, 9.17) is 8.94 Å². The highest BCUT2D eigenvalue weighted by Gasteiger charge is 2.50. The molecule has 2 aromatic heterocycles. The highest BCUT2D eigenvalue weighted by Crippen LogP contribution is 2.42. The quantitative estimate of drug-likeness (QED) is 0.764. The fourth-order valence-electron chi connectivity index (χ4n) is 4.03. The molecule has 28 heavy (non-hydrogen) atoms. The van der Waals surface area contributed by atoms with Crippen LogP contribution in [-0.4, -0.2) is 42.9 Å². The SMILES string of the molecule is C=CC(=O)NC1C(C)(C)CN(S(=O)(=O)c2ccc(-c3ccno3)o2)CC1(C)C. The number of piperidine rings is 1. The van der Waals surface area contributed by atoms with E-state index in [0.717, 1.165) is 0 Å². The number of rotatable bonds is 5. The van der Waals surface area contributed by atoms with Crippen molar-refractivity contribution < 1.29 is 22.2 Å². The zero-order valence-corrected chi connectivity index (χ0v) is 17.2. The smallest absolute Gasteiger partial charge is 0.276 e. The molecule has 0 spiro atoms. The summed E-state index contributed by atoms with van der Waals surface area (Å²) in [5.74, 6) is 0.376. The number of furan rings is 1. The van der Waals surface area contributed by atoms with Crippen LogP contribution in [-0.2, 0) is 14.8 Å². The Morgan fingerprint density at radius 3 is 2.39 bits per heavy atom. The Morgan fingerprint density at radius 2 is 1.86 bits per heavy atom. The van der Waals surface area contributed by atoms with Crippen molar-refractivity contribution >= 4 is 15.9 Å². The third-order valence-electron chi connectivity index (χ3n) is 5.06. The third-order valence-corrected chi connectivity index (χ3v) is 6.72. The van der Waals surface area contributed by atoms with Gasteiger partial charge in [-0.2, -0.15) is 4.31 Å². The number of carbonyl (C=O) groups excluding carboxylic acids is 1. The summed E-state index contributed by atoms with van der Waals surface area (Å²) >= 11 is 0. The first kappa shape index (κ1) is 20.3. The van der Waals surface area contributed by atoms with Gasteiger partial charge in [-0.25, -0.2) is 8.42 Å². The van der Waals surface area contributed by atoms with Crippen LogP contribution in [0.4, 0.5) is 0 Å². The molecule has 0 bridgehead atoms. The number of sulfonamides is 1. The van der Waals surface area contributed by atoms with Crippen LogP contribution in [0.15, 0.2) is 51.1 Å². The summed E-state index contributed by atoms with van der Waals surface area (Å²) < 4.78 is 38.4. The van der Waals surface area contributed by atoms with Crippen LogP contribution in [0.3, 0.4) is 0 Å². The standard InChI is InChI=1S/C19H25N3O5S/c1-6-15(23)21-17-18(2,3)11-22(12-19(17,4)5)28(24,25)16-8-7-13(26-16)14-9-10-20-27-14/h6-10,17H,1,11-12H2,2-5H3,(H,21,23). The van der Waals surface area contributed by atoms with Crippen molar-refractivity contribution in [1.29, 1.82) is 0 Å². The summed E-state index contributed by atoms with van der Waals surface area (Å²) in [5.41, 5.74) is -1.01. The van der Waals surface area contributed by atoms with Gasteiger partial charge in [-0.1, -0.05) is 39.4 Å². The Morgan fingerprint density at radius 1 is 1.21 bits per heavy atom. The maximum absolute atomic E-state index is 13.2. The van der Waals surface area contributed by atoms with Gasteiger partial charge in [0.25, 0.3) is 10.0 Å². The second-order valence-corrected chi connectivity index (χ2v) is 10.3. The first-order valence-electron chi connectivity index (χ1n) is 8.91. The zero-order valence-electron chi connectivity index (χ0n) is 16.4. The summed E-state index contributed by atoms with van der Waals surface area (Å²) in [6.45, 7) is 11.7. The Balaban J connectivity index is 1.90. The Labute approximate surface area is 164 Å². The Kier molecular flexibility index (Phi) is 5.01. The molecule has 1 N–H and O–H groups in total. The van der Waals surface area contributed by atoms with Gasteiger partial charge in [-0.05, 0) is 29.0 Å². The predicted octanol–water partition coefficient (Wildman–Crippen LogP) is 2.66. The minimum Gasteiger partial charge on any atom is -0.440 e. The van der Waals surface area contributed by atoms with Gasteiger partial charge in [-0.3, -0.25) is 4.79 Å². The molecule has 1 aliphatic rings. The molecule has 0 aromatic carbocycles. The summed E-state index contributed by atoms with van der Waals surface area (Å²) in [5, 5.41) is 6.41. The van der Waals surface area contributed by atoms with Crippen LogP contribution in [0.5, 0.6) is 0 Å². The van der Waals surface area contributed by atoms with Gasteiger partial charge in [0.1, 0.15) is 0 Å². The molecular formula is C19H25N3O5S. The van der Waals surface area contributed by atoms with E-state index in [9.17, 15) is 13.2 Å². The summed E-state index contributed by atoms with van der Waals surface area (Å²) in [6, 6.07) is 4.33. The number of nitrogens with one attached hydrogen (secondary N) is 1. The van der Waals surface area contributed by atoms with Gasteiger partial charge < -0.3 is 14.3 Å². The van der Waals surface area contributed by atoms with Gasteiger partial charge in [0.2, 0.25) is 16.8 Å². The van der Waals surface area contributed by atoms with Crippen molar-refractivity contribution in [2.24, 2.45) is 10.8 Å². The van der Waals surface area contributed by atoms with Crippen LogP contribution in [0.2, 0.25) is 0 Å². The molecule has 1 aliphatic heterocycles. The molecule has 2 aromatic rings. The molecule has 1 fully saturated rings. The van der Waals surface area contributed by atoms with Crippen molar-refractivity contribution in [3.8, 4) is 11.5 Å². The molecule has 1 amide bonds. The Bertz CT molecular complexity index is 955. The molecule has 8 nitrogen and oxygen atoms in total. The lowest BCUT2D eigenvalue weighted by atomic mass is 9.67. The lowest BCUT2D eigenvalue weighted by Gasteiger charge is -2.52. The first-order valence-corrected chi connectivity index (χ1v) is 10.4. The van der Waals surface area contributed by atoms with Crippen molar-refractivity contribution in [3.63, 3.8) is 0 Å². The molecule has 0 aliphatic carbocycles. The molecule has 152 valence electrons. The van der Waals surface area contributed by atoms with E-state index in [1.54, 1.807) is 12.1 Å². The van der Waals surface area contributed by atoms with E-state index >= 15 is 0 Å². The molecule has 9 heteroatoms. The average molecular weight is 407 g/mol. The Hall–Kier alpha value is -2.39. The molecule has 3 rings (SSSR count). The number of hydrogen-bond acceptors (Lipinski definition) is 6. The van der Waals surface area contributed by atoms with Gasteiger partial charge >= 0.3 is 0 Å². The number of aromatic nitrogens is 1. The summed E-state index contributed by atoms with van der Waals surface area (Å²) in [7, 11) is -3.86. The number of nitrogens with zero attached hydrogens (tertiary/aromatic N) is 2. The van der Waals surface area contributed by atoms with Crippen LogP contribution in [0.25, 0.3) is 11.5 Å². The minimum absolute atomic E-state index is 0.154. The second-order valence-electron chi connectivity index (χ2n) is 8.39. The van der Waals surface area contributed by atoms with Crippen LogP contribution < -0.4 is 5.32 Å². The van der Waals surface area contributed by atoms with Crippen LogP contribution >= 0.6 is 0 Å². The molecule has 0 atom stereocenters. The molecule has 0 radical (unpaired) electrons. The van der Waals surface area contributed by atoms with E-state index in [-0.39, 0.29) is 30.1 Å². The van der Waals surface area contributed by atoms with Gasteiger partial charge in [-0.15, -0.1) is 0 Å². The van der Waals surface area contributed by atoms with E-state index in [1.807, 2.05) is 27.7 Å². The lowest BCUT2D eigenvalue weighted by Crippen LogP contribution is -2.64. The summed E-state index contributed by atoms with van der Waals surface area (Å²) in [4.78, 5) is 11.9. The van der Waals surface area contributed by atoms with Crippen molar-refractivity contribution in [1.82, 2.24) is 14.8 Å². The van der Waals surface area contributed by atoms with E-state index in [2.05, 4.69) is 17.1 Å². The van der Waals surface area contributed by atoms with Crippen LogP contribution in [0, 0.1) is 10.8 Å². The molecule has 0 saturated carbocycles. The third kappa shape index (κ3) is 3.64. The summed E-state index contributed by atoms with van der Waals surface area (Å²) in [6.07, 6.45) is 2.68. The van der Waals surface area contributed by atoms with E-state index < -0.39 is 20.9 Å². The normalized spacial score (nSPS) is 20.0. The van der Waals surface area contributed by atoms with Crippen LogP contribution in [0.1, 0.15) is 27.7 Å².